The number of nitrogens with one attached hydrogen (secondary N) is 1. The first kappa shape index (κ1) is 18.3. The van der Waals surface area contributed by atoms with E-state index in [9.17, 15) is 21.6 Å². The topological polar surface area (TPSA) is 72.0 Å². The van der Waals surface area contributed by atoms with Gasteiger partial charge in [-0.1, -0.05) is 23.8 Å². The second kappa shape index (κ2) is 6.69. The predicted octanol–water partition coefficient (Wildman–Crippen LogP) is 4.33. The number of anilines is 1. The molecule has 10 heteroatoms. The molecule has 0 fully saturated rings. The fraction of sp³-hybridized carbons (Fsp3) is 0.125. The van der Waals surface area contributed by atoms with Crippen molar-refractivity contribution in [2.24, 2.45) is 0 Å². The number of aromatic nitrogens is 2. The average Bonchev–Trinajstić information content (AvgIpc) is 3.08. The summed E-state index contributed by atoms with van der Waals surface area (Å²) in [5, 5.41) is 1.68. The number of alkyl halides is 3. The highest BCUT2D eigenvalue weighted by atomic mass is 32.2. The van der Waals surface area contributed by atoms with Gasteiger partial charge in [-0.2, -0.15) is 13.2 Å². The Bertz CT molecular complexity index is 1020. The highest BCUT2D eigenvalue weighted by Crippen LogP contribution is 2.32. The van der Waals surface area contributed by atoms with E-state index in [4.69, 9.17) is 0 Å². The van der Waals surface area contributed by atoms with Crippen LogP contribution in [0.25, 0.3) is 10.6 Å². The molecule has 1 N–H and O–H groups in total. The molecule has 0 atom stereocenters. The number of sulfonamides is 1. The molecule has 0 radical (unpaired) electrons. The monoisotopic (exact) mass is 399 g/mol. The van der Waals surface area contributed by atoms with Crippen molar-refractivity contribution in [2.75, 3.05) is 4.72 Å². The summed E-state index contributed by atoms with van der Waals surface area (Å²) in [4.78, 5) is 7.62. The quantitative estimate of drug-likeness (QED) is 0.709. The molecular formula is C16H12F3N3O2S2. The number of nitrogens with zero attached hydrogens (tertiary/aromatic N) is 2. The average molecular weight is 399 g/mol. The minimum atomic E-state index is -4.74. The largest absolute Gasteiger partial charge is 0.433 e. The molecule has 26 heavy (non-hydrogen) atoms. The van der Waals surface area contributed by atoms with E-state index in [0.29, 0.717) is 4.88 Å². The number of thiophene rings is 1. The summed E-state index contributed by atoms with van der Waals surface area (Å²) in [6.45, 7) is 1.78. The number of hydrogen-bond donors (Lipinski definition) is 1. The molecule has 0 amide bonds. The molecule has 2 aromatic heterocycles. The maximum Gasteiger partial charge on any atom is 0.433 e. The van der Waals surface area contributed by atoms with Gasteiger partial charge in [0.15, 0.2) is 5.69 Å². The van der Waals surface area contributed by atoms with Gasteiger partial charge in [0, 0.05) is 0 Å². The molecule has 1 aromatic carbocycles. The molecular weight excluding hydrogens is 387 g/mol. The maximum atomic E-state index is 13.1. The molecule has 0 aliphatic rings. The lowest BCUT2D eigenvalue weighted by Gasteiger charge is -2.11. The van der Waals surface area contributed by atoms with E-state index in [2.05, 4.69) is 9.97 Å². The molecule has 0 spiro atoms. The Labute approximate surface area is 151 Å². The van der Waals surface area contributed by atoms with E-state index in [0.717, 1.165) is 11.6 Å². The standard InChI is InChI=1S/C16H12F3N3O2S2/c1-10-4-6-11(7-5-10)26(23,24)22-15-20-12(13-3-2-8-25-13)9-14(21-15)16(17,18)19/h2-9H,1H3,(H,20,21,22). The van der Waals surface area contributed by atoms with Crippen LogP contribution in [-0.4, -0.2) is 18.4 Å². The molecule has 3 rings (SSSR count). The SMILES string of the molecule is Cc1ccc(S(=O)(=O)Nc2nc(-c3cccs3)cc(C(F)(F)F)n2)cc1. The summed E-state index contributed by atoms with van der Waals surface area (Å²) in [5.74, 6) is -0.635. The summed E-state index contributed by atoms with van der Waals surface area (Å²) in [7, 11) is -4.12. The Morgan fingerprint density at radius 3 is 2.35 bits per heavy atom. The van der Waals surface area contributed by atoms with Gasteiger partial charge >= 0.3 is 6.18 Å². The molecule has 3 aromatic rings. The minimum absolute atomic E-state index is 0.0102. The van der Waals surface area contributed by atoms with Crippen LogP contribution in [0.4, 0.5) is 19.1 Å². The van der Waals surface area contributed by atoms with Crippen molar-refractivity contribution in [2.45, 2.75) is 18.0 Å². The molecule has 0 saturated heterocycles. The lowest BCUT2D eigenvalue weighted by molar-refractivity contribution is -0.141. The van der Waals surface area contributed by atoms with Gasteiger partial charge in [0.25, 0.3) is 10.0 Å². The van der Waals surface area contributed by atoms with Crippen LogP contribution < -0.4 is 4.72 Å². The van der Waals surface area contributed by atoms with Crippen LogP contribution in [0.1, 0.15) is 11.3 Å². The van der Waals surface area contributed by atoms with E-state index < -0.39 is 27.8 Å². The fourth-order valence-corrected chi connectivity index (χ4v) is 3.72. The Balaban J connectivity index is 2.04. The van der Waals surface area contributed by atoms with E-state index in [1.807, 2.05) is 4.72 Å². The first-order chi connectivity index (χ1) is 12.1. The number of benzene rings is 1. The summed E-state index contributed by atoms with van der Waals surface area (Å²) in [6.07, 6.45) is -4.74. The molecule has 0 unspecified atom stereocenters. The van der Waals surface area contributed by atoms with Crippen LogP contribution >= 0.6 is 11.3 Å². The normalized spacial score (nSPS) is 12.2. The number of rotatable bonds is 4. The molecule has 2 heterocycles. The fourth-order valence-electron chi connectivity index (χ4n) is 2.09. The highest BCUT2D eigenvalue weighted by Gasteiger charge is 2.34. The van der Waals surface area contributed by atoms with Crippen LogP contribution in [0, 0.1) is 6.92 Å². The van der Waals surface area contributed by atoms with Crippen LogP contribution in [0.3, 0.4) is 0 Å². The Kier molecular flexibility index (Phi) is 4.72. The lowest BCUT2D eigenvalue weighted by atomic mass is 10.2. The van der Waals surface area contributed by atoms with Crippen molar-refractivity contribution in [1.29, 1.82) is 0 Å². The van der Waals surface area contributed by atoms with Gasteiger partial charge in [0.1, 0.15) is 0 Å². The smallest absolute Gasteiger partial charge is 0.247 e. The van der Waals surface area contributed by atoms with Gasteiger partial charge in [0.2, 0.25) is 5.95 Å². The highest BCUT2D eigenvalue weighted by molar-refractivity contribution is 7.92. The zero-order valence-corrected chi connectivity index (χ0v) is 14.9. The van der Waals surface area contributed by atoms with Crippen LogP contribution in [0.5, 0.6) is 0 Å². The zero-order valence-electron chi connectivity index (χ0n) is 13.3. The van der Waals surface area contributed by atoms with Crippen molar-refractivity contribution < 1.29 is 21.6 Å². The molecule has 0 bridgehead atoms. The summed E-state index contributed by atoms with van der Waals surface area (Å²) < 4.78 is 66.2. The summed E-state index contributed by atoms with van der Waals surface area (Å²) in [6, 6.07) is 9.90. The Morgan fingerprint density at radius 1 is 1.08 bits per heavy atom. The van der Waals surface area contributed by atoms with E-state index in [1.54, 1.807) is 36.6 Å². The van der Waals surface area contributed by atoms with E-state index in [-0.39, 0.29) is 10.6 Å². The molecule has 0 saturated carbocycles. The number of aryl methyl sites for hydroxylation is 1. The predicted molar refractivity (Wildman–Crippen MR) is 92.3 cm³/mol. The van der Waals surface area contributed by atoms with Gasteiger partial charge in [-0.15, -0.1) is 11.3 Å². The molecule has 5 nitrogen and oxygen atoms in total. The van der Waals surface area contributed by atoms with Crippen molar-refractivity contribution in [1.82, 2.24) is 9.97 Å². The van der Waals surface area contributed by atoms with Gasteiger partial charge in [-0.3, -0.25) is 0 Å². The lowest BCUT2D eigenvalue weighted by Crippen LogP contribution is -2.18. The van der Waals surface area contributed by atoms with Crippen molar-refractivity contribution >= 4 is 27.3 Å². The Morgan fingerprint density at radius 2 is 1.77 bits per heavy atom. The number of halogens is 3. The van der Waals surface area contributed by atoms with Gasteiger partial charge in [-0.25, -0.2) is 23.1 Å². The van der Waals surface area contributed by atoms with Gasteiger partial charge in [-0.05, 0) is 36.6 Å². The summed E-state index contributed by atoms with van der Waals surface area (Å²) in [5.41, 5.74) is -0.388. The van der Waals surface area contributed by atoms with Crippen LogP contribution in [-0.2, 0) is 16.2 Å². The zero-order chi connectivity index (χ0) is 18.9. The third kappa shape index (κ3) is 4.02. The first-order valence-corrected chi connectivity index (χ1v) is 9.61. The van der Waals surface area contributed by atoms with Crippen molar-refractivity contribution in [3.8, 4) is 10.6 Å². The van der Waals surface area contributed by atoms with Crippen molar-refractivity contribution in [3.05, 3.63) is 59.1 Å². The third-order valence-electron chi connectivity index (χ3n) is 3.35. The van der Waals surface area contributed by atoms with E-state index >= 15 is 0 Å². The van der Waals surface area contributed by atoms with Gasteiger partial charge in [0.05, 0.1) is 15.5 Å². The van der Waals surface area contributed by atoms with Crippen molar-refractivity contribution in [3.63, 3.8) is 0 Å². The maximum absolute atomic E-state index is 13.1. The van der Waals surface area contributed by atoms with Crippen LogP contribution in [0.15, 0.2) is 52.7 Å². The third-order valence-corrected chi connectivity index (χ3v) is 5.58. The van der Waals surface area contributed by atoms with Crippen LogP contribution in [0.2, 0.25) is 0 Å². The molecule has 136 valence electrons. The minimum Gasteiger partial charge on any atom is -0.247 e. The van der Waals surface area contributed by atoms with Gasteiger partial charge < -0.3 is 0 Å². The van der Waals surface area contributed by atoms with E-state index in [1.165, 1.54) is 23.5 Å². The second-order valence-corrected chi connectivity index (χ2v) is 7.99. The number of hydrogen-bond acceptors (Lipinski definition) is 5. The Hall–Kier alpha value is -2.46. The first-order valence-electron chi connectivity index (χ1n) is 7.25. The molecule has 0 aliphatic carbocycles. The second-order valence-electron chi connectivity index (χ2n) is 5.36. The molecule has 0 aliphatic heterocycles. The summed E-state index contributed by atoms with van der Waals surface area (Å²) >= 11 is 1.19.